The van der Waals surface area contributed by atoms with Gasteiger partial charge in [-0.25, -0.2) is 4.98 Å². The van der Waals surface area contributed by atoms with E-state index in [-0.39, 0.29) is 17.5 Å². The molecule has 1 aromatic heterocycles. The average molecular weight is 320 g/mol. The molecule has 1 aliphatic heterocycles. The first-order chi connectivity index (χ1) is 9.38. The van der Waals surface area contributed by atoms with Crippen molar-refractivity contribution in [1.82, 2.24) is 9.29 Å². The Bertz CT molecular complexity index is 607. The Morgan fingerprint density at radius 3 is 2.90 bits per heavy atom. The molecule has 0 aromatic carbocycles. The second kappa shape index (κ2) is 5.94. The van der Waals surface area contributed by atoms with Gasteiger partial charge in [0.25, 0.3) is 0 Å². The fourth-order valence-corrected chi connectivity index (χ4v) is 3.44. The molecule has 0 radical (unpaired) electrons. The van der Waals surface area contributed by atoms with Gasteiger partial charge >= 0.3 is 16.2 Å². The van der Waals surface area contributed by atoms with Gasteiger partial charge in [0, 0.05) is 13.1 Å². The highest BCUT2D eigenvalue weighted by molar-refractivity contribution is 7.90. The zero-order chi connectivity index (χ0) is 14.8. The molecule has 1 aliphatic rings. The van der Waals surface area contributed by atoms with Crippen molar-refractivity contribution in [2.24, 2.45) is 5.92 Å². The van der Waals surface area contributed by atoms with Gasteiger partial charge in [0.05, 0.1) is 5.92 Å². The summed E-state index contributed by atoms with van der Waals surface area (Å²) in [5.41, 5.74) is 0. The second-order valence-electron chi connectivity index (χ2n) is 4.49. The highest BCUT2D eigenvalue weighted by atomic mass is 35.5. The number of anilines is 1. The quantitative estimate of drug-likeness (QED) is 0.812. The maximum atomic E-state index is 12.2. The number of hydrogen-bond donors (Lipinski definition) is 2. The molecule has 20 heavy (non-hydrogen) atoms. The molecular weight excluding hydrogens is 306 g/mol. The zero-order valence-electron chi connectivity index (χ0n) is 10.5. The van der Waals surface area contributed by atoms with E-state index in [0.29, 0.717) is 19.4 Å². The number of hydrogen-bond acceptors (Lipinski definition) is 4. The summed E-state index contributed by atoms with van der Waals surface area (Å²) in [4.78, 5) is 14.8. The van der Waals surface area contributed by atoms with Gasteiger partial charge in [0.2, 0.25) is 0 Å². The number of piperidine rings is 1. The Kier molecular flexibility index (Phi) is 4.46. The molecule has 0 aliphatic carbocycles. The molecule has 7 nitrogen and oxygen atoms in total. The van der Waals surface area contributed by atoms with Crippen LogP contribution in [0.25, 0.3) is 0 Å². The van der Waals surface area contributed by atoms with E-state index in [4.69, 9.17) is 16.7 Å². The minimum atomic E-state index is -3.82. The topological polar surface area (TPSA) is 99.6 Å². The van der Waals surface area contributed by atoms with E-state index in [1.54, 1.807) is 6.07 Å². The number of carbonyl (C=O) groups is 1. The van der Waals surface area contributed by atoms with E-state index in [2.05, 4.69) is 9.71 Å². The molecule has 110 valence electrons. The summed E-state index contributed by atoms with van der Waals surface area (Å²) in [6.07, 6.45) is 0.998. The lowest BCUT2D eigenvalue weighted by molar-refractivity contribution is -0.142. The van der Waals surface area contributed by atoms with Crippen molar-refractivity contribution in [2.75, 3.05) is 17.8 Å². The van der Waals surface area contributed by atoms with Gasteiger partial charge in [0.1, 0.15) is 11.0 Å². The number of nitrogens with zero attached hydrogens (tertiary/aromatic N) is 2. The zero-order valence-corrected chi connectivity index (χ0v) is 12.1. The van der Waals surface area contributed by atoms with Crippen LogP contribution in [0.2, 0.25) is 5.15 Å². The number of halogens is 1. The van der Waals surface area contributed by atoms with E-state index < -0.39 is 22.1 Å². The first-order valence-electron chi connectivity index (χ1n) is 6.02. The molecule has 9 heteroatoms. The molecule has 1 saturated heterocycles. The van der Waals surface area contributed by atoms with Crippen molar-refractivity contribution in [3.05, 3.63) is 23.4 Å². The first-order valence-corrected chi connectivity index (χ1v) is 7.83. The third-order valence-electron chi connectivity index (χ3n) is 3.02. The van der Waals surface area contributed by atoms with E-state index in [1.807, 2.05) is 0 Å². The standard InChI is InChI=1S/C11H14ClN3O4S/c12-9-4-1-5-10(13-9)14-20(18,19)15-6-2-3-8(7-15)11(16)17/h1,4-5,8H,2-3,6-7H2,(H,13,14)(H,16,17). The van der Waals surface area contributed by atoms with Gasteiger partial charge in [0.15, 0.2) is 0 Å². The van der Waals surface area contributed by atoms with Gasteiger partial charge in [-0.2, -0.15) is 12.7 Å². The minimum absolute atomic E-state index is 0.0365. The van der Waals surface area contributed by atoms with Crippen LogP contribution in [0.1, 0.15) is 12.8 Å². The lowest BCUT2D eigenvalue weighted by Gasteiger charge is -2.29. The summed E-state index contributed by atoms with van der Waals surface area (Å²) in [5.74, 6) is -1.55. The van der Waals surface area contributed by atoms with E-state index in [1.165, 1.54) is 12.1 Å². The fraction of sp³-hybridized carbons (Fsp3) is 0.455. The van der Waals surface area contributed by atoms with Gasteiger partial charge in [-0.05, 0) is 25.0 Å². The van der Waals surface area contributed by atoms with Crippen LogP contribution >= 0.6 is 11.6 Å². The van der Waals surface area contributed by atoms with Crippen molar-refractivity contribution < 1.29 is 18.3 Å². The third-order valence-corrected chi connectivity index (χ3v) is 4.71. The van der Waals surface area contributed by atoms with Crippen molar-refractivity contribution in [3.8, 4) is 0 Å². The van der Waals surface area contributed by atoms with Crippen molar-refractivity contribution >= 4 is 33.6 Å². The Balaban J connectivity index is 2.12. The lowest BCUT2D eigenvalue weighted by atomic mass is 10.0. The monoisotopic (exact) mass is 319 g/mol. The molecular formula is C11H14ClN3O4S. The lowest BCUT2D eigenvalue weighted by Crippen LogP contribution is -2.44. The number of carboxylic acids is 1. The Labute approximate surface area is 121 Å². The van der Waals surface area contributed by atoms with Crippen LogP contribution < -0.4 is 4.72 Å². The minimum Gasteiger partial charge on any atom is -0.481 e. The van der Waals surface area contributed by atoms with Crippen LogP contribution in [0.4, 0.5) is 5.82 Å². The Hall–Kier alpha value is -1.38. The molecule has 1 fully saturated rings. The molecule has 0 bridgehead atoms. The number of aliphatic carboxylic acids is 1. The van der Waals surface area contributed by atoms with Crippen LogP contribution in [0.15, 0.2) is 18.2 Å². The van der Waals surface area contributed by atoms with Gasteiger partial charge in [-0.15, -0.1) is 0 Å². The van der Waals surface area contributed by atoms with E-state index >= 15 is 0 Å². The van der Waals surface area contributed by atoms with E-state index in [0.717, 1.165) is 4.31 Å². The molecule has 0 spiro atoms. The van der Waals surface area contributed by atoms with Gasteiger partial charge in [-0.3, -0.25) is 9.52 Å². The molecule has 1 aromatic rings. The highest BCUT2D eigenvalue weighted by Gasteiger charge is 2.32. The summed E-state index contributed by atoms with van der Waals surface area (Å²) >= 11 is 5.69. The smallest absolute Gasteiger partial charge is 0.307 e. The molecule has 1 unspecified atom stereocenters. The first kappa shape index (κ1) is 15.0. The van der Waals surface area contributed by atoms with Crippen LogP contribution in [-0.4, -0.2) is 41.9 Å². The highest BCUT2D eigenvalue weighted by Crippen LogP contribution is 2.20. The summed E-state index contributed by atoms with van der Waals surface area (Å²) in [5, 5.41) is 9.15. The second-order valence-corrected chi connectivity index (χ2v) is 6.55. The summed E-state index contributed by atoms with van der Waals surface area (Å²) in [6, 6.07) is 4.58. The Morgan fingerprint density at radius 2 is 2.25 bits per heavy atom. The predicted octanol–water partition coefficient (Wildman–Crippen LogP) is 1.19. The summed E-state index contributed by atoms with van der Waals surface area (Å²) < 4.78 is 27.8. The molecule has 2 rings (SSSR count). The Morgan fingerprint density at radius 1 is 1.50 bits per heavy atom. The number of pyridine rings is 1. The number of carboxylic acid groups (broad SMARTS) is 1. The number of rotatable bonds is 4. The van der Waals surface area contributed by atoms with Gasteiger partial charge in [-0.1, -0.05) is 17.7 Å². The summed E-state index contributed by atoms with van der Waals surface area (Å²) in [6.45, 7) is 0.255. The molecule has 0 saturated carbocycles. The van der Waals surface area contributed by atoms with Crippen LogP contribution in [-0.2, 0) is 15.0 Å². The summed E-state index contributed by atoms with van der Waals surface area (Å²) in [7, 11) is -3.82. The van der Waals surface area contributed by atoms with Crippen LogP contribution in [0.3, 0.4) is 0 Å². The third kappa shape index (κ3) is 3.59. The maximum Gasteiger partial charge on any atom is 0.307 e. The maximum absolute atomic E-state index is 12.2. The largest absolute Gasteiger partial charge is 0.481 e. The van der Waals surface area contributed by atoms with Crippen molar-refractivity contribution in [3.63, 3.8) is 0 Å². The van der Waals surface area contributed by atoms with Gasteiger partial charge < -0.3 is 5.11 Å². The van der Waals surface area contributed by atoms with Crippen LogP contribution in [0.5, 0.6) is 0 Å². The SMILES string of the molecule is O=C(O)C1CCCN(S(=O)(=O)Nc2cccc(Cl)n2)C1. The molecule has 0 amide bonds. The average Bonchev–Trinajstić information content (AvgIpc) is 2.38. The number of nitrogens with one attached hydrogen (secondary N) is 1. The van der Waals surface area contributed by atoms with Crippen molar-refractivity contribution in [1.29, 1.82) is 0 Å². The fourth-order valence-electron chi connectivity index (χ4n) is 2.02. The number of aromatic nitrogens is 1. The predicted molar refractivity (Wildman–Crippen MR) is 73.7 cm³/mol. The molecule has 2 N–H and O–H groups in total. The molecule has 1 atom stereocenters. The molecule has 2 heterocycles. The van der Waals surface area contributed by atoms with E-state index in [9.17, 15) is 13.2 Å². The van der Waals surface area contributed by atoms with Crippen molar-refractivity contribution in [2.45, 2.75) is 12.8 Å². The normalized spacial score (nSPS) is 20.6. The van der Waals surface area contributed by atoms with Crippen LogP contribution in [0, 0.1) is 5.92 Å².